The SMILES string of the molecule is Cc1cc(C(=O)Cc2cccc(CN(C)c3ccccc3)c2)n(-c2cccc(CNC(=O)OC(C)(C)C)c2)n1. The summed E-state index contributed by atoms with van der Waals surface area (Å²) < 4.78 is 7.00. The summed E-state index contributed by atoms with van der Waals surface area (Å²) in [6.07, 6.45) is -0.204. The van der Waals surface area contributed by atoms with Crippen LogP contribution in [0.25, 0.3) is 5.69 Å². The van der Waals surface area contributed by atoms with Gasteiger partial charge in [-0.05, 0) is 74.7 Å². The molecule has 4 rings (SSSR count). The van der Waals surface area contributed by atoms with Gasteiger partial charge in [-0.25, -0.2) is 9.48 Å². The number of nitrogens with one attached hydrogen (secondary N) is 1. The Morgan fingerprint density at radius 3 is 2.33 bits per heavy atom. The molecule has 4 aromatic rings. The van der Waals surface area contributed by atoms with Gasteiger partial charge in [-0.3, -0.25) is 4.79 Å². The van der Waals surface area contributed by atoms with Crippen molar-refractivity contribution in [3.63, 3.8) is 0 Å². The molecule has 39 heavy (non-hydrogen) atoms. The molecule has 0 fully saturated rings. The molecule has 3 aromatic carbocycles. The molecule has 0 radical (unpaired) electrons. The lowest BCUT2D eigenvalue weighted by Crippen LogP contribution is -2.32. The van der Waals surface area contributed by atoms with E-state index in [4.69, 9.17) is 4.74 Å². The number of Topliss-reactive ketones (excluding diaryl/α,β-unsaturated/α-hetero) is 1. The fourth-order valence-electron chi connectivity index (χ4n) is 4.34. The quantitative estimate of drug-likeness (QED) is 0.261. The maximum atomic E-state index is 13.5. The predicted octanol–water partition coefficient (Wildman–Crippen LogP) is 6.27. The van der Waals surface area contributed by atoms with Crippen LogP contribution in [-0.2, 0) is 24.2 Å². The van der Waals surface area contributed by atoms with Gasteiger partial charge in [0.2, 0.25) is 0 Å². The Morgan fingerprint density at radius 1 is 0.897 bits per heavy atom. The maximum absolute atomic E-state index is 13.5. The summed E-state index contributed by atoms with van der Waals surface area (Å²) in [6.45, 7) is 8.40. The lowest BCUT2D eigenvalue weighted by Gasteiger charge is -2.19. The number of aromatic nitrogens is 2. The van der Waals surface area contributed by atoms with Crippen LogP contribution in [0.5, 0.6) is 0 Å². The zero-order valence-electron chi connectivity index (χ0n) is 23.3. The summed E-state index contributed by atoms with van der Waals surface area (Å²) in [5.41, 5.74) is 5.59. The smallest absolute Gasteiger partial charge is 0.407 e. The number of aryl methyl sites for hydroxylation is 1. The molecule has 0 bridgehead atoms. The number of para-hydroxylation sites is 1. The summed E-state index contributed by atoms with van der Waals surface area (Å²) in [7, 11) is 2.06. The van der Waals surface area contributed by atoms with Crippen molar-refractivity contribution in [3.8, 4) is 5.69 Å². The zero-order valence-corrected chi connectivity index (χ0v) is 23.3. The summed E-state index contributed by atoms with van der Waals surface area (Å²) in [5, 5.41) is 7.37. The second kappa shape index (κ2) is 12.0. The standard InChI is InChI=1S/C32H36N4O3/c1-23-17-29(36(34-23)28-16-10-12-25(19-28)21-33-31(38)39-32(2,3)4)30(37)20-24-11-9-13-26(18-24)22-35(5)27-14-7-6-8-15-27/h6-19H,20-22H2,1-5H3,(H,33,38). The highest BCUT2D eigenvalue weighted by Crippen LogP contribution is 2.19. The Hall–Kier alpha value is -4.39. The Labute approximate surface area is 230 Å². The highest BCUT2D eigenvalue weighted by Gasteiger charge is 2.18. The summed E-state index contributed by atoms with van der Waals surface area (Å²) in [5.74, 6) is -0.0125. The van der Waals surface area contributed by atoms with Gasteiger partial charge in [0, 0.05) is 32.2 Å². The number of benzene rings is 3. The van der Waals surface area contributed by atoms with Gasteiger partial charge in [0.1, 0.15) is 11.3 Å². The normalized spacial score (nSPS) is 11.2. The average Bonchev–Trinajstić information content (AvgIpc) is 3.29. The molecule has 0 saturated carbocycles. The Balaban J connectivity index is 1.47. The molecule has 0 aliphatic carbocycles. The first kappa shape index (κ1) is 27.6. The van der Waals surface area contributed by atoms with Crippen molar-refractivity contribution in [2.45, 2.75) is 52.8 Å². The predicted molar refractivity (Wildman–Crippen MR) is 154 cm³/mol. The summed E-state index contributed by atoms with van der Waals surface area (Å²) in [6, 6.07) is 27.8. The zero-order chi connectivity index (χ0) is 28.0. The van der Waals surface area contributed by atoms with Gasteiger partial charge >= 0.3 is 6.09 Å². The van der Waals surface area contributed by atoms with Gasteiger partial charge in [0.05, 0.1) is 11.4 Å². The molecule has 0 unspecified atom stereocenters. The van der Waals surface area contributed by atoms with Crippen molar-refractivity contribution < 1.29 is 14.3 Å². The molecule has 0 atom stereocenters. The van der Waals surface area contributed by atoms with Crippen LogP contribution < -0.4 is 10.2 Å². The number of ether oxygens (including phenoxy) is 1. The van der Waals surface area contributed by atoms with E-state index in [0.717, 1.165) is 40.3 Å². The summed E-state index contributed by atoms with van der Waals surface area (Å²) in [4.78, 5) is 27.7. The minimum atomic E-state index is -0.564. The van der Waals surface area contributed by atoms with Crippen LogP contribution in [0.2, 0.25) is 0 Å². The van der Waals surface area contributed by atoms with Gasteiger partial charge in [0.15, 0.2) is 5.78 Å². The molecule has 0 saturated heterocycles. The number of hydrogen-bond acceptors (Lipinski definition) is 5. The van der Waals surface area contributed by atoms with Crippen molar-refractivity contribution in [2.24, 2.45) is 0 Å². The minimum absolute atomic E-state index is 0.0125. The van der Waals surface area contributed by atoms with Crippen molar-refractivity contribution in [1.82, 2.24) is 15.1 Å². The van der Waals surface area contributed by atoms with E-state index in [-0.39, 0.29) is 12.2 Å². The molecule has 1 N–H and O–H groups in total. The van der Waals surface area contributed by atoms with E-state index in [9.17, 15) is 9.59 Å². The first-order valence-electron chi connectivity index (χ1n) is 13.1. The van der Waals surface area contributed by atoms with Crippen LogP contribution in [0.4, 0.5) is 10.5 Å². The maximum Gasteiger partial charge on any atom is 0.407 e. The molecule has 7 nitrogen and oxygen atoms in total. The molecule has 0 aliphatic heterocycles. The average molecular weight is 525 g/mol. The number of nitrogens with zero attached hydrogens (tertiary/aromatic N) is 3. The third-order valence-corrected chi connectivity index (χ3v) is 6.08. The van der Waals surface area contributed by atoms with Gasteiger partial charge in [0.25, 0.3) is 0 Å². The van der Waals surface area contributed by atoms with E-state index in [1.165, 1.54) is 0 Å². The molecule has 0 spiro atoms. The van der Waals surface area contributed by atoms with Crippen LogP contribution in [0, 0.1) is 6.92 Å². The highest BCUT2D eigenvalue weighted by molar-refractivity contribution is 5.96. The van der Waals surface area contributed by atoms with Crippen molar-refractivity contribution in [2.75, 3.05) is 11.9 Å². The summed E-state index contributed by atoms with van der Waals surface area (Å²) >= 11 is 0. The Kier molecular flexibility index (Phi) is 8.49. The van der Waals surface area contributed by atoms with Gasteiger partial charge in [-0.15, -0.1) is 0 Å². The minimum Gasteiger partial charge on any atom is -0.444 e. The van der Waals surface area contributed by atoms with Crippen LogP contribution in [-0.4, -0.2) is 34.3 Å². The molecule has 1 amide bonds. The highest BCUT2D eigenvalue weighted by atomic mass is 16.6. The monoisotopic (exact) mass is 524 g/mol. The largest absolute Gasteiger partial charge is 0.444 e. The van der Waals surface area contributed by atoms with E-state index >= 15 is 0 Å². The van der Waals surface area contributed by atoms with Crippen LogP contribution in [0.1, 0.15) is 53.6 Å². The first-order valence-corrected chi connectivity index (χ1v) is 13.1. The van der Waals surface area contributed by atoms with E-state index in [2.05, 4.69) is 46.6 Å². The van der Waals surface area contributed by atoms with Gasteiger partial charge in [-0.1, -0.05) is 54.6 Å². The number of amides is 1. The van der Waals surface area contributed by atoms with E-state index in [1.807, 2.05) is 88.4 Å². The molecule has 202 valence electrons. The molecular formula is C32H36N4O3. The van der Waals surface area contributed by atoms with Gasteiger partial charge < -0.3 is 15.0 Å². The number of carbonyl (C=O) groups is 2. The number of alkyl carbamates (subject to hydrolysis) is 1. The number of carbonyl (C=O) groups excluding carboxylic acids is 2. The molecule has 1 aromatic heterocycles. The molecule has 0 aliphatic rings. The second-order valence-electron chi connectivity index (χ2n) is 10.7. The first-order chi connectivity index (χ1) is 18.6. The van der Waals surface area contributed by atoms with Crippen LogP contribution >= 0.6 is 0 Å². The number of hydrogen-bond donors (Lipinski definition) is 1. The van der Waals surface area contributed by atoms with Gasteiger partial charge in [-0.2, -0.15) is 5.10 Å². The molecule has 1 heterocycles. The van der Waals surface area contributed by atoms with Crippen molar-refractivity contribution >= 4 is 17.6 Å². The topological polar surface area (TPSA) is 76.5 Å². The van der Waals surface area contributed by atoms with Crippen LogP contribution in [0.3, 0.4) is 0 Å². The van der Waals surface area contributed by atoms with E-state index < -0.39 is 11.7 Å². The van der Waals surface area contributed by atoms with Crippen LogP contribution in [0.15, 0.2) is 84.9 Å². The van der Waals surface area contributed by atoms with Crippen molar-refractivity contribution in [3.05, 3.63) is 113 Å². The second-order valence-corrected chi connectivity index (χ2v) is 10.7. The molecule has 7 heteroatoms. The lowest BCUT2D eigenvalue weighted by molar-refractivity contribution is 0.0523. The van der Waals surface area contributed by atoms with E-state index in [1.54, 1.807) is 4.68 Å². The number of ketones is 1. The Morgan fingerprint density at radius 2 is 1.59 bits per heavy atom. The fourth-order valence-corrected chi connectivity index (χ4v) is 4.34. The lowest BCUT2D eigenvalue weighted by atomic mass is 10.0. The third-order valence-electron chi connectivity index (χ3n) is 6.08. The van der Waals surface area contributed by atoms with Crippen molar-refractivity contribution in [1.29, 1.82) is 0 Å². The van der Waals surface area contributed by atoms with E-state index in [0.29, 0.717) is 12.2 Å². The third kappa shape index (κ3) is 7.80. The fraction of sp³-hybridized carbons (Fsp3) is 0.281. The number of anilines is 1. The Bertz CT molecular complexity index is 1440. The number of rotatable bonds is 9. The molecular weight excluding hydrogens is 488 g/mol.